The Labute approximate surface area is 89.9 Å². The summed E-state index contributed by atoms with van der Waals surface area (Å²) in [6.07, 6.45) is 0.300. The van der Waals surface area contributed by atoms with Crippen LogP contribution in [-0.4, -0.2) is 11.1 Å². The van der Waals surface area contributed by atoms with Gasteiger partial charge in [-0.2, -0.15) is 0 Å². The number of alkyl halides is 1. The standard InChI is InChI=1S/C9H8BrFOS/c10-4-3-9(12)7-5-6(13)1-2-8(7)11/h1-2,5,13H,3-4H2. The van der Waals surface area contributed by atoms with E-state index in [0.717, 1.165) is 0 Å². The number of Topliss-reactive ketones (excluding diaryl/α,β-unsaturated/α-hetero) is 1. The Morgan fingerprint density at radius 3 is 2.85 bits per heavy atom. The molecule has 0 aromatic heterocycles. The van der Waals surface area contributed by atoms with Crippen molar-refractivity contribution in [3.05, 3.63) is 29.6 Å². The summed E-state index contributed by atoms with van der Waals surface area (Å²) in [7, 11) is 0. The Hall–Kier alpha value is -0.350. The lowest BCUT2D eigenvalue weighted by molar-refractivity contribution is 0.0986. The molecular formula is C9H8BrFOS. The fraction of sp³-hybridized carbons (Fsp3) is 0.222. The molecule has 0 aliphatic carbocycles. The Bertz CT molecular complexity index is 327. The van der Waals surface area contributed by atoms with E-state index in [4.69, 9.17) is 0 Å². The molecule has 0 saturated carbocycles. The van der Waals surface area contributed by atoms with Crippen LogP contribution in [0.2, 0.25) is 0 Å². The normalized spacial score (nSPS) is 10.1. The second-order valence-electron chi connectivity index (χ2n) is 2.53. The molecule has 0 spiro atoms. The van der Waals surface area contributed by atoms with E-state index >= 15 is 0 Å². The van der Waals surface area contributed by atoms with Crippen LogP contribution in [0.15, 0.2) is 23.1 Å². The number of halogens is 2. The largest absolute Gasteiger partial charge is 0.294 e. The maximum Gasteiger partial charge on any atom is 0.166 e. The van der Waals surface area contributed by atoms with Gasteiger partial charge >= 0.3 is 0 Å². The first-order chi connectivity index (χ1) is 6.15. The Kier molecular flexibility index (Phi) is 3.93. The van der Waals surface area contributed by atoms with Crippen LogP contribution in [0, 0.1) is 5.82 Å². The summed E-state index contributed by atoms with van der Waals surface area (Å²) in [5.74, 6) is -0.686. The maximum atomic E-state index is 13.1. The molecule has 0 N–H and O–H groups in total. The van der Waals surface area contributed by atoms with Gasteiger partial charge in [0.1, 0.15) is 5.82 Å². The summed E-state index contributed by atoms with van der Waals surface area (Å²) in [6.45, 7) is 0. The highest BCUT2D eigenvalue weighted by atomic mass is 79.9. The van der Waals surface area contributed by atoms with E-state index in [-0.39, 0.29) is 11.3 Å². The lowest BCUT2D eigenvalue weighted by Gasteiger charge is -2.01. The number of hydrogen-bond donors (Lipinski definition) is 1. The molecule has 70 valence electrons. The van der Waals surface area contributed by atoms with E-state index in [1.807, 2.05) is 0 Å². The lowest BCUT2D eigenvalue weighted by atomic mass is 10.1. The lowest BCUT2D eigenvalue weighted by Crippen LogP contribution is -2.02. The molecule has 13 heavy (non-hydrogen) atoms. The first-order valence-electron chi connectivity index (χ1n) is 3.73. The number of hydrogen-bond acceptors (Lipinski definition) is 2. The summed E-state index contributed by atoms with van der Waals surface area (Å²) < 4.78 is 13.1. The third-order valence-electron chi connectivity index (χ3n) is 1.57. The van der Waals surface area contributed by atoms with Crippen molar-refractivity contribution in [3.63, 3.8) is 0 Å². The molecule has 0 amide bonds. The van der Waals surface area contributed by atoms with Crippen LogP contribution in [0.5, 0.6) is 0 Å². The second-order valence-corrected chi connectivity index (χ2v) is 3.84. The zero-order valence-electron chi connectivity index (χ0n) is 6.76. The molecule has 1 aromatic rings. The Balaban J connectivity index is 2.99. The molecule has 0 heterocycles. The van der Waals surface area contributed by atoms with Gasteiger partial charge in [-0.15, -0.1) is 12.6 Å². The van der Waals surface area contributed by atoms with Crippen LogP contribution in [0.3, 0.4) is 0 Å². The van der Waals surface area contributed by atoms with Crippen molar-refractivity contribution in [1.82, 2.24) is 0 Å². The van der Waals surface area contributed by atoms with Crippen LogP contribution in [0.25, 0.3) is 0 Å². The van der Waals surface area contributed by atoms with Gasteiger partial charge in [0.05, 0.1) is 5.56 Å². The van der Waals surface area contributed by atoms with Gasteiger partial charge in [0.25, 0.3) is 0 Å². The highest BCUT2D eigenvalue weighted by Crippen LogP contribution is 2.15. The topological polar surface area (TPSA) is 17.1 Å². The van der Waals surface area contributed by atoms with Crippen LogP contribution in [0.1, 0.15) is 16.8 Å². The minimum absolute atomic E-state index is 0.118. The van der Waals surface area contributed by atoms with E-state index in [1.54, 1.807) is 0 Å². The number of carbonyl (C=O) groups excluding carboxylic acids is 1. The molecule has 1 nitrogen and oxygen atoms in total. The van der Waals surface area contributed by atoms with Gasteiger partial charge < -0.3 is 0 Å². The smallest absolute Gasteiger partial charge is 0.166 e. The molecule has 0 radical (unpaired) electrons. The number of benzene rings is 1. The minimum atomic E-state index is -0.483. The molecule has 1 rings (SSSR count). The average Bonchev–Trinajstić information content (AvgIpc) is 2.09. The van der Waals surface area contributed by atoms with Crippen molar-refractivity contribution in [2.75, 3.05) is 5.33 Å². The molecular weight excluding hydrogens is 255 g/mol. The molecule has 0 aliphatic rings. The fourth-order valence-corrected chi connectivity index (χ4v) is 1.51. The first-order valence-corrected chi connectivity index (χ1v) is 5.29. The summed E-state index contributed by atoms with van der Waals surface area (Å²) in [6, 6.07) is 4.22. The third-order valence-corrected chi connectivity index (χ3v) is 2.25. The monoisotopic (exact) mass is 262 g/mol. The SMILES string of the molecule is O=C(CCBr)c1cc(S)ccc1F. The van der Waals surface area contributed by atoms with Gasteiger partial charge in [0.15, 0.2) is 5.78 Å². The van der Waals surface area contributed by atoms with Crippen LogP contribution in [-0.2, 0) is 0 Å². The molecule has 0 atom stereocenters. The number of rotatable bonds is 3. The molecule has 0 bridgehead atoms. The minimum Gasteiger partial charge on any atom is -0.294 e. The molecule has 0 fully saturated rings. The van der Waals surface area contributed by atoms with Gasteiger partial charge in [0.2, 0.25) is 0 Å². The fourth-order valence-electron chi connectivity index (χ4n) is 0.947. The molecule has 0 saturated heterocycles. The van der Waals surface area contributed by atoms with E-state index in [1.165, 1.54) is 18.2 Å². The van der Waals surface area contributed by atoms with Crippen LogP contribution in [0.4, 0.5) is 4.39 Å². The zero-order valence-corrected chi connectivity index (χ0v) is 9.24. The Morgan fingerprint density at radius 1 is 1.54 bits per heavy atom. The molecule has 1 aromatic carbocycles. The summed E-state index contributed by atoms with van der Waals surface area (Å²) in [5.41, 5.74) is 0.118. The van der Waals surface area contributed by atoms with E-state index in [9.17, 15) is 9.18 Å². The molecule has 0 aliphatic heterocycles. The van der Waals surface area contributed by atoms with Gasteiger partial charge in [-0.1, -0.05) is 15.9 Å². The maximum absolute atomic E-state index is 13.1. The van der Waals surface area contributed by atoms with Gasteiger partial charge in [0, 0.05) is 16.6 Å². The number of ketones is 1. The number of thiol groups is 1. The zero-order chi connectivity index (χ0) is 9.84. The molecule has 4 heteroatoms. The van der Waals surface area contributed by atoms with E-state index < -0.39 is 5.82 Å². The Morgan fingerprint density at radius 2 is 2.23 bits per heavy atom. The summed E-state index contributed by atoms with van der Waals surface area (Å²) in [5, 5.41) is 0.544. The van der Waals surface area contributed by atoms with Crippen LogP contribution >= 0.6 is 28.6 Å². The predicted octanol–water partition coefficient (Wildman–Crippen LogP) is 3.08. The quantitative estimate of drug-likeness (QED) is 0.504. The van der Waals surface area contributed by atoms with Crippen molar-refractivity contribution in [2.24, 2.45) is 0 Å². The van der Waals surface area contributed by atoms with E-state index in [0.29, 0.717) is 16.6 Å². The molecule has 0 unspecified atom stereocenters. The van der Waals surface area contributed by atoms with Crippen molar-refractivity contribution in [3.8, 4) is 0 Å². The van der Waals surface area contributed by atoms with Crippen molar-refractivity contribution >= 4 is 34.3 Å². The second kappa shape index (κ2) is 4.77. The summed E-state index contributed by atoms with van der Waals surface area (Å²) in [4.78, 5) is 11.9. The van der Waals surface area contributed by atoms with Crippen molar-refractivity contribution < 1.29 is 9.18 Å². The van der Waals surface area contributed by atoms with E-state index in [2.05, 4.69) is 28.6 Å². The van der Waals surface area contributed by atoms with Crippen LogP contribution < -0.4 is 0 Å². The van der Waals surface area contributed by atoms with Crippen molar-refractivity contribution in [1.29, 1.82) is 0 Å². The van der Waals surface area contributed by atoms with Gasteiger partial charge in [-0.3, -0.25) is 4.79 Å². The highest BCUT2D eigenvalue weighted by Gasteiger charge is 2.10. The highest BCUT2D eigenvalue weighted by molar-refractivity contribution is 9.09. The van der Waals surface area contributed by atoms with Gasteiger partial charge in [-0.05, 0) is 18.2 Å². The van der Waals surface area contributed by atoms with Crippen molar-refractivity contribution in [2.45, 2.75) is 11.3 Å². The summed E-state index contributed by atoms with van der Waals surface area (Å²) >= 11 is 7.16. The first kappa shape index (κ1) is 10.7. The average molecular weight is 263 g/mol. The third kappa shape index (κ3) is 2.81. The predicted molar refractivity (Wildman–Crippen MR) is 56.4 cm³/mol. The van der Waals surface area contributed by atoms with Gasteiger partial charge in [-0.25, -0.2) is 4.39 Å². The number of carbonyl (C=O) groups is 1.